The SMILES string of the molecule is Cc1nc(C(O)c2ccc(-c3noc(C(F)(F)F)n3)cc2)cs1. The van der Waals surface area contributed by atoms with Gasteiger partial charge >= 0.3 is 12.1 Å². The Hall–Kier alpha value is -2.26. The number of thiazole rings is 1. The zero-order chi connectivity index (χ0) is 16.6. The summed E-state index contributed by atoms with van der Waals surface area (Å²) < 4.78 is 41.5. The number of aliphatic hydroxyl groups is 1. The van der Waals surface area contributed by atoms with Crippen LogP contribution in [0.5, 0.6) is 0 Å². The Kier molecular flexibility index (Phi) is 3.90. The zero-order valence-corrected chi connectivity index (χ0v) is 12.5. The summed E-state index contributed by atoms with van der Waals surface area (Å²) in [6.07, 6.45) is -5.57. The maximum atomic E-state index is 12.4. The first-order valence-electron chi connectivity index (χ1n) is 6.46. The van der Waals surface area contributed by atoms with Crippen molar-refractivity contribution in [3.8, 4) is 11.4 Å². The molecule has 0 fully saturated rings. The molecule has 120 valence electrons. The fraction of sp³-hybridized carbons (Fsp3) is 0.214. The predicted molar refractivity (Wildman–Crippen MR) is 75.6 cm³/mol. The van der Waals surface area contributed by atoms with E-state index in [4.69, 9.17) is 0 Å². The van der Waals surface area contributed by atoms with Gasteiger partial charge in [0.1, 0.15) is 6.10 Å². The standard InChI is InChI=1S/C14H10F3N3O2S/c1-7-18-10(6-23-7)11(21)8-2-4-9(5-3-8)12-19-13(22-20-12)14(15,16)17/h2-6,11,21H,1H3. The van der Waals surface area contributed by atoms with Crippen LogP contribution >= 0.6 is 11.3 Å². The Morgan fingerprint density at radius 1 is 1.17 bits per heavy atom. The van der Waals surface area contributed by atoms with Crippen LogP contribution in [0, 0.1) is 6.92 Å². The second kappa shape index (κ2) is 5.74. The maximum Gasteiger partial charge on any atom is 0.471 e. The van der Waals surface area contributed by atoms with Gasteiger partial charge in [-0.25, -0.2) is 4.98 Å². The van der Waals surface area contributed by atoms with Crippen molar-refractivity contribution in [2.45, 2.75) is 19.2 Å². The molecule has 0 aliphatic heterocycles. The summed E-state index contributed by atoms with van der Waals surface area (Å²) in [6, 6.07) is 6.20. The summed E-state index contributed by atoms with van der Waals surface area (Å²) in [7, 11) is 0. The molecule has 3 aromatic rings. The predicted octanol–water partition coefficient (Wildman–Crippen LogP) is 3.60. The highest BCUT2D eigenvalue weighted by Gasteiger charge is 2.38. The van der Waals surface area contributed by atoms with E-state index in [1.54, 1.807) is 17.5 Å². The summed E-state index contributed by atoms with van der Waals surface area (Å²) in [5.74, 6) is -1.56. The van der Waals surface area contributed by atoms with Crippen molar-refractivity contribution in [3.05, 3.63) is 51.8 Å². The molecule has 0 saturated heterocycles. The van der Waals surface area contributed by atoms with Crippen LogP contribution in [0.15, 0.2) is 34.2 Å². The van der Waals surface area contributed by atoms with Crippen molar-refractivity contribution in [3.63, 3.8) is 0 Å². The van der Waals surface area contributed by atoms with E-state index in [9.17, 15) is 18.3 Å². The van der Waals surface area contributed by atoms with Crippen molar-refractivity contribution < 1.29 is 22.8 Å². The minimum atomic E-state index is -4.68. The van der Waals surface area contributed by atoms with Crippen LogP contribution in [0.4, 0.5) is 13.2 Å². The monoisotopic (exact) mass is 341 g/mol. The molecule has 0 saturated carbocycles. The quantitative estimate of drug-likeness (QED) is 0.788. The fourth-order valence-corrected chi connectivity index (χ4v) is 2.58. The Labute approximate surface area is 132 Å². The van der Waals surface area contributed by atoms with Crippen molar-refractivity contribution >= 4 is 11.3 Å². The van der Waals surface area contributed by atoms with E-state index < -0.39 is 18.2 Å². The largest absolute Gasteiger partial charge is 0.471 e. The van der Waals surface area contributed by atoms with Crippen molar-refractivity contribution in [2.24, 2.45) is 0 Å². The Bertz CT molecular complexity index is 811. The molecule has 1 atom stereocenters. The lowest BCUT2D eigenvalue weighted by atomic mass is 10.1. The highest BCUT2D eigenvalue weighted by atomic mass is 32.1. The van der Waals surface area contributed by atoms with Crippen LogP contribution in [0.1, 0.15) is 28.3 Å². The van der Waals surface area contributed by atoms with Gasteiger partial charge in [-0.05, 0) is 12.5 Å². The average Bonchev–Trinajstić information content (AvgIpc) is 3.15. The van der Waals surface area contributed by atoms with Crippen LogP contribution in [0.25, 0.3) is 11.4 Å². The summed E-state index contributed by atoms with van der Waals surface area (Å²) in [5, 5.41) is 16.1. The molecule has 0 amide bonds. The lowest BCUT2D eigenvalue weighted by Gasteiger charge is -2.08. The first kappa shape index (κ1) is 15.6. The van der Waals surface area contributed by atoms with Gasteiger partial charge in [0, 0.05) is 10.9 Å². The number of benzene rings is 1. The highest BCUT2D eigenvalue weighted by Crippen LogP contribution is 2.30. The molecular formula is C14H10F3N3O2S. The van der Waals surface area contributed by atoms with E-state index in [-0.39, 0.29) is 5.82 Å². The van der Waals surface area contributed by atoms with Crippen molar-refractivity contribution in [1.29, 1.82) is 0 Å². The molecule has 0 bridgehead atoms. The van der Waals surface area contributed by atoms with Crippen molar-refractivity contribution in [2.75, 3.05) is 0 Å². The number of halogens is 3. The molecule has 0 aliphatic rings. The summed E-state index contributed by atoms with van der Waals surface area (Å²) in [6.45, 7) is 1.83. The number of nitrogens with zero attached hydrogens (tertiary/aromatic N) is 3. The molecule has 9 heteroatoms. The van der Waals surface area contributed by atoms with E-state index in [0.29, 0.717) is 16.8 Å². The lowest BCUT2D eigenvalue weighted by molar-refractivity contribution is -0.159. The zero-order valence-electron chi connectivity index (χ0n) is 11.7. The Morgan fingerprint density at radius 2 is 1.87 bits per heavy atom. The van der Waals surface area contributed by atoms with E-state index in [0.717, 1.165) is 5.01 Å². The van der Waals surface area contributed by atoms with Gasteiger partial charge in [-0.1, -0.05) is 29.4 Å². The number of aryl methyl sites for hydroxylation is 1. The summed E-state index contributed by atoms with van der Waals surface area (Å²) in [4.78, 5) is 7.51. The molecular weight excluding hydrogens is 331 g/mol. The molecule has 23 heavy (non-hydrogen) atoms. The number of hydrogen-bond acceptors (Lipinski definition) is 6. The number of rotatable bonds is 3. The van der Waals surface area contributed by atoms with Gasteiger partial charge in [-0.3, -0.25) is 0 Å². The number of hydrogen-bond donors (Lipinski definition) is 1. The molecule has 5 nitrogen and oxygen atoms in total. The smallest absolute Gasteiger partial charge is 0.382 e. The Morgan fingerprint density at radius 3 is 2.39 bits per heavy atom. The first-order chi connectivity index (χ1) is 10.8. The van der Waals surface area contributed by atoms with Gasteiger partial charge in [0.15, 0.2) is 0 Å². The number of aromatic nitrogens is 3. The van der Waals surface area contributed by atoms with E-state index in [1.807, 2.05) is 6.92 Å². The minimum Gasteiger partial charge on any atom is -0.382 e. The van der Waals surface area contributed by atoms with Gasteiger partial charge in [-0.15, -0.1) is 11.3 Å². The fourth-order valence-electron chi connectivity index (χ4n) is 1.95. The van der Waals surface area contributed by atoms with E-state index in [2.05, 4.69) is 19.6 Å². The lowest BCUT2D eigenvalue weighted by Crippen LogP contribution is -2.04. The van der Waals surface area contributed by atoms with E-state index in [1.165, 1.54) is 23.5 Å². The number of alkyl halides is 3. The molecule has 0 spiro atoms. The normalized spacial score (nSPS) is 13.3. The topological polar surface area (TPSA) is 72.0 Å². The maximum absolute atomic E-state index is 12.4. The molecule has 2 heterocycles. The van der Waals surface area contributed by atoms with E-state index >= 15 is 0 Å². The van der Waals surface area contributed by atoms with Crippen LogP contribution in [-0.2, 0) is 6.18 Å². The molecule has 2 aromatic heterocycles. The van der Waals surface area contributed by atoms with Gasteiger partial charge in [-0.2, -0.15) is 18.2 Å². The van der Waals surface area contributed by atoms with Crippen LogP contribution in [-0.4, -0.2) is 20.2 Å². The van der Waals surface area contributed by atoms with Crippen molar-refractivity contribution in [1.82, 2.24) is 15.1 Å². The summed E-state index contributed by atoms with van der Waals surface area (Å²) >= 11 is 1.42. The number of aliphatic hydroxyl groups excluding tert-OH is 1. The molecule has 3 rings (SSSR count). The van der Waals surface area contributed by atoms with Gasteiger partial charge in [0.2, 0.25) is 5.82 Å². The van der Waals surface area contributed by atoms with Gasteiger partial charge in [0.05, 0.1) is 10.7 Å². The third-order valence-corrected chi connectivity index (χ3v) is 3.86. The van der Waals surface area contributed by atoms with Crippen LogP contribution in [0.3, 0.4) is 0 Å². The molecule has 1 aromatic carbocycles. The second-order valence-corrected chi connectivity index (χ2v) is 5.80. The molecule has 1 N–H and O–H groups in total. The molecule has 0 radical (unpaired) electrons. The summed E-state index contributed by atoms with van der Waals surface area (Å²) in [5.41, 5.74) is 1.45. The third kappa shape index (κ3) is 3.25. The first-order valence-corrected chi connectivity index (χ1v) is 7.34. The Balaban J connectivity index is 1.83. The molecule has 1 unspecified atom stereocenters. The minimum absolute atomic E-state index is 0.164. The average molecular weight is 341 g/mol. The van der Waals surface area contributed by atoms with Gasteiger partial charge in [0.25, 0.3) is 0 Å². The second-order valence-electron chi connectivity index (χ2n) is 4.74. The highest BCUT2D eigenvalue weighted by molar-refractivity contribution is 7.09. The third-order valence-electron chi connectivity index (χ3n) is 3.07. The van der Waals surface area contributed by atoms with Gasteiger partial charge < -0.3 is 9.63 Å². The van der Waals surface area contributed by atoms with Crippen LogP contribution in [0.2, 0.25) is 0 Å². The molecule has 0 aliphatic carbocycles. The van der Waals surface area contributed by atoms with Crippen LogP contribution < -0.4 is 0 Å².